The van der Waals surface area contributed by atoms with Crippen LogP contribution in [0.3, 0.4) is 0 Å². The molecule has 3 fully saturated rings. The Morgan fingerprint density at radius 3 is 2.75 bits per heavy atom. The number of rotatable bonds is 8. The van der Waals surface area contributed by atoms with Crippen molar-refractivity contribution in [2.45, 2.75) is 64.0 Å². The van der Waals surface area contributed by atoms with Crippen LogP contribution in [0.25, 0.3) is 0 Å². The SMILES string of the molecule is Cc1nc(OCCCC2CCNCC2)ccc1C(=O)N[C@@H]1CN[C@H](C(=O)N2CCCC2)C1. The Hall–Kier alpha value is -2.19. The topological polar surface area (TPSA) is 95.6 Å². The zero-order valence-corrected chi connectivity index (χ0v) is 19.2. The number of ether oxygens (including phenoxy) is 1. The summed E-state index contributed by atoms with van der Waals surface area (Å²) in [6, 6.07) is 3.32. The Bertz CT molecular complexity index is 790. The van der Waals surface area contributed by atoms with Gasteiger partial charge in [-0.2, -0.15) is 0 Å². The molecular formula is C24H37N5O3. The average Bonchev–Trinajstić information content (AvgIpc) is 3.50. The number of aryl methyl sites for hydroxylation is 1. The summed E-state index contributed by atoms with van der Waals surface area (Å²) in [7, 11) is 0. The smallest absolute Gasteiger partial charge is 0.253 e. The van der Waals surface area contributed by atoms with E-state index in [4.69, 9.17) is 4.74 Å². The first kappa shape index (κ1) is 23.0. The standard InChI is InChI=1S/C24H37N5O3/c1-17-20(6-7-22(27-17)32-14-4-5-18-8-10-25-11-9-18)23(30)28-19-15-21(26-16-19)24(31)29-12-2-3-13-29/h6-7,18-19,21,25-26H,2-5,8-16H2,1H3,(H,28,30)/t19-,21-/m0/s1. The van der Waals surface area contributed by atoms with Crippen molar-refractivity contribution in [3.63, 3.8) is 0 Å². The Balaban J connectivity index is 1.21. The minimum Gasteiger partial charge on any atom is -0.478 e. The van der Waals surface area contributed by atoms with E-state index >= 15 is 0 Å². The van der Waals surface area contributed by atoms with Gasteiger partial charge in [-0.25, -0.2) is 4.98 Å². The average molecular weight is 444 g/mol. The fourth-order valence-electron chi connectivity index (χ4n) is 5.03. The lowest BCUT2D eigenvalue weighted by Crippen LogP contribution is -2.42. The van der Waals surface area contributed by atoms with E-state index in [-0.39, 0.29) is 23.9 Å². The number of hydrogen-bond donors (Lipinski definition) is 3. The number of amides is 2. The summed E-state index contributed by atoms with van der Waals surface area (Å²) in [6.45, 7) is 7.06. The van der Waals surface area contributed by atoms with E-state index in [2.05, 4.69) is 20.9 Å². The number of carbonyl (C=O) groups excluding carboxylic acids is 2. The molecule has 176 valence electrons. The maximum atomic E-state index is 12.8. The van der Waals surface area contributed by atoms with Gasteiger partial charge >= 0.3 is 0 Å². The highest BCUT2D eigenvalue weighted by atomic mass is 16.5. The van der Waals surface area contributed by atoms with E-state index in [1.165, 1.54) is 19.3 Å². The van der Waals surface area contributed by atoms with Crippen LogP contribution in [0.2, 0.25) is 0 Å². The molecule has 4 heterocycles. The van der Waals surface area contributed by atoms with Crippen LogP contribution in [-0.4, -0.2) is 73.1 Å². The van der Waals surface area contributed by atoms with Crippen LogP contribution in [-0.2, 0) is 4.79 Å². The van der Waals surface area contributed by atoms with Crippen LogP contribution in [0.15, 0.2) is 12.1 Å². The highest BCUT2D eigenvalue weighted by Gasteiger charge is 2.34. The first-order valence-electron chi connectivity index (χ1n) is 12.2. The fourth-order valence-corrected chi connectivity index (χ4v) is 5.03. The molecule has 8 nitrogen and oxygen atoms in total. The summed E-state index contributed by atoms with van der Waals surface area (Å²) in [5, 5.41) is 9.73. The number of hydrogen-bond acceptors (Lipinski definition) is 6. The lowest BCUT2D eigenvalue weighted by atomic mass is 9.93. The van der Waals surface area contributed by atoms with Gasteiger partial charge in [0.05, 0.1) is 23.9 Å². The van der Waals surface area contributed by atoms with Gasteiger partial charge in [0.2, 0.25) is 11.8 Å². The highest BCUT2D eigenvalue weighted by Crippen LogP contribution is 2.19. The van der Waals surface area contributed by atoms with Crippen LogP contribution in [0.4, 0.5) is 0 Å². The summed E-state index contributed by atoms with van der Waals surface area (Å²) in [4.78, 5) is 31.8. The van der Waals surface area contributed by atoms with E-state index in [0.717, 1.165) is 51.4 Å². The number of likely N-dealkylation sites (tertiary alicyclic amines) is 1. The summed E-state index contributed by atoms with van der Waals surface area (Å²) < 4.78 is 5.82. The number of piperidine rings is 1. The van der Waals surface area contributed by atoms with Crippen molar-refractivity contribution >= 4 is 11.8 Å². The zero-order valence-electron chi connectivity index (χ0n) is 19.2. The molecule has 1 aromatic rings. The molecule has 3 saturated heterocycles. The third kappa shape index (κ3) is 5.98. The number of carbonyl (C=O) groups is 2. The third-order valence-corrected chi connectivity index (χ3v) is 6.95. The fraction of sp³-hybridized carbons (Fsp3) is 0.708. The maximum absolute atomic E-state index is 12.8. The Morgan fingerprint density at radius 2 is 2.00 bits per heavy atom. The normalized spacial score (nSPS) is 24.0. The molecule has 32 heavy (non-hydrogen) atoms. The van der Waals surface area contributed by atoms with Crippen molar-refractivity contribution in [3.05, 3.63) is 23.4 Å². The van der Waals surface area contributed by atoms with E-state index in [1.807, 2.05) is 11.8 Å². The van der Waals surface area contributed by atoms with Crippen molar-refractivity contribution in [2.24, 2.45) is 5.92 Å². The Morgan fingerprint density at radius 1 is 1.22 bits per heavy atom. The third-order valence-electron chi connectivity index (χ3n) is 6.95. The van der Waals surface area contributed by atoms with E-state index in [9.17, 15) is 9.59 Å². The summed E-state index contributed by atoms with van der Waals surface area (Å²) in [5.74, 6) is 1.39. The quantitative estimate of drug-likeness (QED) is 0.529. The lowest BCUT2D eigenvalue weighted by molar-refractivity contribution is -0.132. The molecule has 8 heteroatoms. The first-order chi connectivity index (χ1) is 15.6. The van der Waals surface area contributed by atoms with Crippen LogP contribution in [0, 0.1) is 12.8 Å². The predicted octanol–water partition coefficient (Wildman–Crippen LogP) is 1.63. The molecule has 1 aromatic heterocycles. The van der Waals surface area contributed by atoms with Crippen LogP contribution >= 0.6 is 0 Å². The van der Waals surface area contributed by atoms with Gasteiger partial charge in [-0.15, -0.1) is 0 Å². The van der Waals surface area contributed by atoms with Crippen LogP contribution in [0.1, 0.15) is 61.0 Å². The van der Waals surface area contributed by atoms with Gasteiger partial charge < -0.3 is 25.6 Å². The molecule has 3 N–H and O–H groups in total. The molecule has 0 saturated carbocycles. The van der Waals surface area contributed by atoms with Gasteiger partial charge in [-0.05, 0) is 76.9 Å². The molecule has 0 aliphatic carbocycles. The number of nitrogens with one attached hydrogen (secondary N) is 3. The second kappa shape index (κ2) is 11.1. The van der Waals surface area contributed by atoms with Crippen LogP contribution < -0.4 is 20.7 Å². The van der Waals surface area contributed by atoms with Crippen molar-refractivity contribution in [1.82, 2.24) is 25.8 Å². The van der Waals surface area contributed by atoms with Crippen LogP contribution in [0.5, 0.6) is 5.88 Å². The minimum atomic E-state index is -0.196. The highest BCUT2D eigenvalue weighted by molar-refractivity contribution is 5.95. The first-order valence-corrected chi connectivity index (χ1v) is 12.2. The van der Waals surface area contributed by atoms with E-state index < -0.39 is 0 Å². The largest absolute Gasteiger partial charge is 0.478 e. The molecule has 3 aliphatic heterocycles. The Labute approximate surface area is 190 Å². The maximum Gasteiger partial charge on any atom is 0.253 e. The monoisotopic (exact) mass is 443 g/mol. The molecule has 0 radical (unpaired) electrons. The molecule has 0 aromatic carbocycles. The molecule has 0 unspecified atom stereocenters. The summed E-state index contributed by atoms with van der Waals surface area (Å²) in [5.41, 5.74) is 1.22. The molecule has 3 aliphatic rings. The minimum absolute atomic E-state index is 0.0515. The van der Waals surface area contributed by atoms with Crippen molar-refractivity contribution in [1.29, 1.82) is 0 Å². The van der Waals surface area contributed by atoms with E-state index in [1.54, 1.807) is 12.1 Å². The van der Waals surface area contributed by atoms with E-state index in [0.29, 0.717) is 36.7 Å². The molecule has 2 amide bonds. The van der Waals surface area contributed by atoms with Crippen molar-refractivity contribution < 1.29 is 14.3 Å². The van der Waals surface area contributed by atoms with Gasteiger partial charge in [0.25, 0.3) is 5.91 Å². The van der Waals surface area contributed by atoms with Gasteiger partial charge in [0.1, 0.15) is 0 Å². The number of nitrogens with zero attached hydrogens (tertiary/aromatic N) is 2. The van der Waals surface area contributed by atoms with Gasteiger partial charge in [0.15, 0.2) is 0 Å². The molecule has 0 spiro atoms. The molecule has 2 atom stereocenters. The molecule has 0 bridgehead atoms. The van der Waals surface area contributed by atoms with Crippen molar-refractivity contribution in [2.75, 3.05) is 39.3 Å². The second-order valence-corrected chi connectivity index (χ2v) is 9.37. The zero-order chi connectivity index (χ0) is 22.3. The molecular weight excluding hydrogens is 406 g/mol. The summed E-state index contributed by atoms with van der Waals surface area (Å²) in [6.07, 6.45) is 7.53. The van der Waals surface area contributed by atoms with Crippen molar-refractivity contribution in [3.8, 4) is 5.88 Å². The van der Waals surface area contributed by atoms with Gasteiger partial charge in [-0.1, -0.05) is 0 Å². The Kier molecular flexibility index (Phi) is 7.97. The summed E-state index contributed by atoms with van der Waals surface area (Å²) >= 11 is 0. The number of aromatic nitrogens is 1. The predicted molar refractivity (Wildman–Crippen MR) is 123 cm³/mol. The lowest BCUT2D eigenvalue weighted by Gasteiger charge is -2.22. The van der Waals surface area contributed by atoms with Gasteiger partial charge in [-0.3, -0.25) is 9.59 Å². The number of pyridine rings is 1. The van der Waals surface area contributed by atoms with Gasteiger partial charge in [0, 0.05) is 31.7 Å². The molecule has 4 rings (SSSR count). The second-order valence-electron chi connectivity index (χ2n) is 9.37.